The molecule has 7 nitrogen and oxygen atoms in total. The summed E-state index contributed by atoms with van der Waals surface area (Å²) in [6.07, 6.45) is 1.84. The van der Waals surface area contributed by atoms with Gasteiger partial charge in [0, 0.05) is 13.2 Å². The average Bonchev–Trinajstić information content (AvgIpc) is 3.25. The van der Waals surface area contributed by atoms with Crippen LogP contribution >= 0.6 is 0 Å². The number of para-hydroxylation sites is 1. The Hall–Kier alpha value is -3.26. The van der Waals surface area contributed by atoms with Gasteiger partial charge in [-0.1, -0.05) is 12.1 Å². The monoisotopic (exact) mass is 397 g/mol. The Balaban J connectivity index is 1.74. The van der Waals surface area contributed by atoms with Gasteiger partial charge in [0.1, 0.15) is 12.4 Å². The summed E-state index contributed by atoms with van der Waals surface area (Å²) in [5.41, 5.74) is -0.574. The first kappa shape index (κ1) is 19.1. The minimum absolute atomic E-state index is 0.0133. The molecule has 29 heavy (non-hydrogen) atoms. The van der Waals surface area contributed by atoms with Crippen LogP contribution in [0.1, 0.15) is 12.8 Å². The van der Waals surface area contributed by atoms with Crippen molar-refractivity contribution in [1.29, 1.82) is 0 Å². The fraction of sp³-hybridized carbons (Fsp3) is 0.286. The van der Waals surface area contributed by atoms with Crippen molar-refractivity contribution in [2.24, 2.45) is 0 Å². The maximum Gasteiger partial charge on any atom is 0.336 e. The number of carbonyl (C=O) groups excluding carboxylic acids is 1. The zero-order chi connectivity index (χ0) is 20.4. The van der Waals surface area contributed by atoms with Crippen molar-refractivity contribution < 1.29 is 13.9 Å². The Labute approximate surface area is 165 Å². The van der Waals surface area contributed by atoms with Crippen molar-refractivity contribution in [1.82, 2.24) is 14.5 Å². The lowest BCUT2D eigenvalue weighted by molar-refractivity contribution is -0.122. The van der Waals surface area contributed by atoms with E-state index < -0.39 is 17.1 Å². The average molecular weight is 397 g/mol. The smallest absolute Gasteiger partial charge is 0.336 e. The van der Waals surface area contributed by atoms with Crippen molar-refractivity contribution in [3.8, 4) is 5.69 Å². The first-order valence-corrected chi connectivity index (χ1v) is 9.43. The third-order valence-corrected chi connectivity index (χ3v) is 4.99. The predicted molar refractivity (Wildman–Crippen MR) is 106 cm³/mol. The molecule has 8 heteroatoms. The highest BCUT2D eigenvalue weighted by molar-refractivity contribution is 5.81. The van der Waals surface area contributed by atoms with Gasteiger partial charge in [-0.3, -0.25) is 14.2 Å². The summed E-state index contributed by atoms with van der Waals surface area (Å²) in [4.78, 5) is 38.5. The van der Waals surface area contributed by atoms with E-state index in [0.29, 0.717) is 24.1 Å². The number of hydrogen-bond acceptors (Lipinski definition) is 4. The number of aromatic nitrogens is 2. The molecule has 0 aliphatic carbocycles. The standard InChI is InChI=1S/C21H20FN3O4/c22-14-7-9-15(10-8-14)25-20(27)17-5-1-2-6-18(17)24(21(25)28)13-19(26)23-12-16-4-3-11-29-16/h1-2,5-10,16H,3-4,11-13H2,(H,23,26)/t16-/m0/s1. The van der Waals surface area contributed by atoms with Crippen LogP contribution in [-0.4, -0.2) is 34.3 Å². The van der Waals surface area contributed by atoms with Crippen LogP contribution in [0.4, 0.5) is 4.39 Å². The lowest BCUT2D eigenvalue weighted by Gasteiger charge is -2.15. The molecule has 1 N–H and O–H groups in total. The molecular formula is C21H20FN3O4. The Morgan fingerprint density at radius 3 is 2.62 bits per heavy atom. The SMILES string of the molecule is O=C(Cn1c(=O)n(-c2ccc(F)cc2)c(=O)c2ccccc21)NC[C@@H]1CCCO1. The van der Waals surface area contributed by atoms with Crippen LogP contribution < -0.4 is 16.6 Å². The molecule has 0 unspecified atom stereocenters. The molecule has 2 aromatic carbocycles. The molecule has 2 heterocycles. The second kappa shape index (κ2) is 8.00. The lowest BCUT2D eigenvalue weighted by atomic mass is 10.2. The number of halogens is 1. The molecular weight excluding hydrogens is 377 g/mol. The topological polar surface area (TPSA) is 82.3 Å². The van der Waals surface area contributed by atoms with E-state index in [4.69, 9.17) is 4.74 Å². The molecule has 4 rings (SSSR count). The van der Waals surface area contributed by atoms with Gasteiger partial charge in [0.2, 0.25) is 5.91 Å². The van der Waals surface area contributed by atoms with Crippen LogP contribution in [0.15, 0.2) is 58.1 Å². The quantitative estimate of drug-likeness (QED) is 0.709. The summed E-state index contributed by atoms with van der Waals surface area (Å²) >= 11 is 0. The molecule has 3 aromatic rings. The van der Waals surface area contributed by atoms with Gasteiger partial charge in [0.25, 0.3) is 5.56 Å². The molecule has 1 saturated heterocycles. The first-order valence-electron chi connectivity index (χ1n) is 9.43. The third-order valence-electron chi connectivity index (χ3n) is 4.99. The third kappa shape index (κ3) is 3.84. The van der Waals surface area contributed by atoms with E-state index in [0.717, 1.165) is 17.4 Å². The maximum absolute atomic E-state index is 13.3. The van der Waals surface area contributed by atoms with Gasteiger partial charge in [0.05, 0.1) is 22.7 Å². The number of nitrogens with one attached hydrogen (secondary N) is 1. The lowest BCUT2D eigenvalue weighted by Crippen LogP contribution is -2.42. The van der Waals surface area contributed by atoms with E-state index in [2.05, 4.69) is 5.32 Å². The molecule has 1 aliphatic rings. The van der Waals surface area contributed by atoms with Gasteiger partial charge in [-0.15, -0.1) is 0 Å². The fourth-order valence-electron chi connectivity index (χ4n) is 3.52. The second-order valence-electron chi connectivity index (χ2n) is 6.94. The predicted octanol–water partition coefficient (Wildman–Crippen LogP) is 1.59. The summed E-state index contributed by atoms with van der Waals surface area (Å²) in [7, 11) is 0. The van der Waals surface area contributed by atoms with E-state index in [9.17, 15) is 18.8 Å². The number of carbonyl (C=O) groups is 1. The Bertz CT molecular complexity index is 1160. The van der Waals surface area contributed by atoms with E-state index in [1.54, 1.807) is 24.3 Å². The Morgan fingerprint density at radius 2 is 1.90 bits per heavy atom. The van der Waals surface area contributed by atoms with Crippen molar-refractivity contribution >= 4 is 16.8 Å². The minimum Gasteiger partial charge on any atom is -0.376 e. The minimum atomic E-state index is -0.660. The van der Waals surface area contributed by atoms with Gasteiger partial charge in [0.15, 0.2) is 0 Å². The van der Waals surface area contributed by atoms with Gasteiger partial charge in [-0.2, -0.15) is 0 Å². The molecule has 1 amide bonds. The van der Waals surface area contributed by atoms with Crippen LogP contribution in [0, 0.1) is 5.82 Å². The summed E-state index contributed by atoms with van der Waals surface area (Å²) in [5, 5.41) is 3.08. The van der Waals surface area contributed by atoms with Gasteiger partial charge < -0.3 is 10.1 Å². The molecule has 150 valence electrons. The molecule has 1 atom stereocenters. The number of ether oxygens (including phenoxy) is 1. The van der Waals surface area contributed by atoms with Gasteiger partial charge >= 0.3 is 5.69 Å². The molecule has 0 saturated carbocycles. The zero-order valence-corrected chi connectivity index (χ0v) is 15.6. The van der Waals surface area contributed by atoms with Crippen molar-refractivity contribution in [2.75, 3.05) is 13.2 Å². The number of fused-ring (bicyclic) bond motifs is 1. The van der Waals surface area contributed by atoms with E-state index in [1.807, 2.05) is 0 Å². The van der Waals surface area contributed by atoms with Crippen LogP contribution in [0.2, 0.25) is 0 Å². The molecule has 1 aliphatic heterocycles. The fourth-order valence-corrected chi connectivity index (χ4v) is 3.52. The largest absolute Gasteiger partial charge is 0.376 e. The van der Waals surface area contributed by atoms with Crippen molar-refractivity contribution in [3.63, 3.8) is 0 Å². The molecule has 1 aromatic heterocycles. The summed E-state index contributed by atoms with van der Waals surface area (Å²) in [6, 6.07) is 11.7. The van der Waals surface area contributed by atoms with Gasteiger partial charge in [-0.05, 0) is 49.2 Å². The number of rotatable bonds is 5. The van der Waals surface area contributed by atoms with Crippen LogP contribution in [0.3, 0.4) is 0 Å². The Kier molecular flexibility index (Phi) is 5.26. The maximum atomic E-state index is 13.3. The summed E-state index contributed by atoms with van der Waals surface area (Å²) in [5.74, 6) is -0.825. The highest BCUT2D eigenvalue weighted by Crippen LogP contribution is 2.12. The number of amides is 1. The normalized spacial score (nSPS) is 16.2. The molecule has 1 fully saturated rings. The van der Waals surface area contributed by atoms with Gasteiger partial charge in [-0.25, -0.2) is 13.8 Å². The summed E-state index contributed by atoms with van der Waals surface area (Å²) in [6.45, 7) is 0.823. The number of nitrogens with zero attached hydrogens (tertiary/aromatic N) is 2. The van der Waals surface area contributed by atoms with Crippen molar-refractivity contribution in [3.05, 3.63) is 75.2 Å². The highest BCUT2D eigenvalue weighted by Gasteiger charge is 2.19. The van der Waals surface area contributed by atoms with Crippen molar-refractivity contribution in [2.45, 2.75) is 25.5 Å². The highest BCUT2D eigenvalue weighted by atomic mass is 19.1. The summed E-state index contributed by atoms with van der Waals surface area (Å²) < 4.78 is 21.0. The second-order valence-corrected chi connectivity index (χ2v) is 6.94. The van der Waals surface area contributed by atoms with Crippen LogP contribution in [0.25, 0.3) is 16.6 Å². The number of hydrogen-bond donors (Lipinski definition) is 1. The Morgan fingerprint density at radius 1 is 1.14 bits per heavy atom. The molecule has 0 radical (unpaired) electrons. The van der Waals surface area contributed by atoms with Crippen LogP contribution in [-0.2, 0) is 16.1 Å². The van der Waals surface area contributed by atoms with E-state index >= 15 is 0 Å². The number of benzene rings is 2. The molecule has 0 bridgehead atoms. The zero-order valence-electron chi connectivity index (χ0n) is 15.6. The van der Waals surface area contributed by atoms with E-state index in [-0.39, 0.29) is 24.2 Å². The molecule has 0 spiro atoms. The van der Waals surface area contributed by atoms with E-state index in [1.165, 1.54) is 28.8 Å². The van der Waals surface area contributed by atoms with Crippen LogP contribution in [0.5, 0.6) is 0 Å². The first-order chi connectivity index (χ1) is 14.0.